The summed E-state index contributed by atoms with van der Waals surface area (Å²) in [4.78, 5) is 66.1. The summed E-state index contributed by atoms with van der Waals surface area (Å²) in [6, 6.07) is -3.57. The number of nitrogens with two attached hydrogens (primary N) is 1. The van der Waals surface area contributed by atoms with Crippen molar-refractivity contribution in [1.82, 2.24) is 20.9 Å². The van der Waals surface area contributed by atoms with Crippen molar-refractivity contribution in [3.63, 3.8) is 0 Å². The number of hydrogen-bond donors (Lipinski definition) is 4. The van der Waals surface area contributed by atoms with Gasteiger partial charge < -0.3 is 26.6 Å². The molecule has 3 fully saturated rings. The van der Waals surface area contributed by atoms with E-state index in [4.69, 9.17) is 5.73 Å². The zero-order chi connectivity index (χ0) is 30.8. The van der Waals surface area contributed by atoms with E-state index in [2.05, 4.69) is 16.0 Å². The fraction of sp³-hybridized carbons (Fsp3) is 0.821. The third-order valence-corrected chi connectivity index (χ3v) is 9.43. The molecule has 4 atom stereocenters. The average Bonchev–Trinajstić information content (AvgIpc) is 3.57. The van der Waals surface area contributed by atoms with Crippen molar-refractivity contribution in [2.24, 2.45) is 23.0 Å². The summed E-state index contributed by atoms with van der Waals surface area (Å²) in [6.07, 6.45) is 7.26. The van der Waals surface area contributed by atoms with Gasteiger partial charge in [-0.3, -0.25) is 19.2 Å². The number of Topliss-reactive ketones (excluding diaryl/α,β-unsaturated/α-hetero) is 1. The second-order valence-electron chi connectivity index (χ2n) is 13.6. The average molecular weight is 598 g/mol. The van der Waals surface area contributed by atoms with Crippen LogP contribution in [0.5, 0.6) is 0 Å². The third kappa shape index (κ3) is 9.14. The highest BCUT2D eigenvalue weighted by Crippen LogP contribution is 2.34. The molecule has 0 aromatic heterocycles. The van der Waals surface area contributed by atoms with E-state index in [1.807, 2.05) is 6.92 Å². The number of sulfone groups is 1. The van der Waals surface area contributed by atoms with Crippen LogP contribution in [0.3, 0.4) is 0 Å². The lowest BCUT2D eigenvalue weighted by atomic mass is 9.83. The highest BCUT2D eigenvalue weighted by atomic mass is 32.2. The Morgan fingerprint density at radius 1 is 1.02 bits per heavy atom. The largest absolute Gasteiger partial charge is 0.363 e. The number of nitrogens with one attached hydrogen (secondary N) is 3. The minimum atomic E-state index is -3.38. The van der Waals surface area contributed by atoms with Gasteiger partial charge in [-0.05, 0) is 42.9 Å². The summed E-state index contributed by atoms with van der Waals surface area (Å²) >= 11 is 0. The smallest absolute Gasteiger partial charge is 0.315 e. The molecule has 0 spiro atoms. The third-order valence-electron chi connectivity index (χ3n) is 8.35. The van der Waals surface area contributed by atoms with E-state index < -0.39 is 68.5 Å². The van der Waals surface area contributed by atoms with Gasteiger partial charge in [-0.1, -0.05) is 59.8 Å². The van der Waals surface area contributed by atoms with E-state index in [1.54, 1.807) is 20.8 Å². The first-order valence-electron chi connectivity index (χ1n) is 14.6. The lowest BCUT2D eigenvalue weighted by Crippen LogP contribution is -2.63. The molecule has 41 heavy (non-hydrogen) atoms. The number of amides is 5. The van der Waals surface area contributed by atoms with Crippen LogP contribution in [0.15, 0.2) is 0 Å². The van der Waals surface area contributed by atoms with Crippen LogP contribution in [0, 0.1) is 17.3 Å². The van der Waals surface area contributed by atoms with Gasteiger partial charge in [0, 0.05) is 12.8 Å². The molecule has 5 amide bonds. The molecule has 5 N–H and O–H groups in total. The molecule has 12 nitrogen and oxygen atoms in total. The van der Waals surface area contributed by atoms with Gasteiger partial charge in [0.2, 0.25) is 17.6 Å². The fourth-order valence-corrected chi connectivity index (χ4v) is 7.52. The molecule has 0 aromatic carbocycles. The maximum Gasteiger partial charge on any atom is 0.315 e. The van der Waals surface area contributed by atoms with Gasteiger partial charge >= 0.3 is 6.03 Å². The first kappa shape index (κ1) is 32.8. The van der Waals surface area contributed by atoms with Crippen molar-refractivity contribution < 1.29 is 32.4 Å². The molecule has 3 rings (SSSR count). The van der Waals surface area contributed by atoms with Crippen molar-refractivity contribution in [2.45, 2.75) is 109 Å². The van der Waals surface area contributed by atoms with Crippen LogP contribution in [0.4, 0.5) is 4.79 Å². The molecule has 2 saturated carbocycles. The second-order valence-corrected chi connectivity index (χ2v) is 15.8. The normalized spacial score (nSPS) is 24.2. The summed E-state index contributed by atoms with van der Waals surface area (Å²) < 4.78 is 24.4. The Hall–Kier alpha value is -2.70. The number of primary amides is 1. The van der Waals surface area contributed by atoms with Gasteiger partial charge in [-0.2, -0.15) is 0 Å². The summed E-state index contributed by atoms with van der Waals surface area (Å²) in [6.45, 7) is 7.59. The summed E-state index contributed by atoms with van der Waals surface area (Å²) in [7, 11) is -3.38. The van der Waals surface area contributed by atoms with Crippen molar-refractivity contribution in [3.8, 4) is 0 Å². The van der Waals surface area contributed by atoms with Gasteiger partial charge in [0.25, 0.3) is 5.91 Å². The summed E-state index contributed by atoms with van der Waals surface area (Å²) in [5.41, 5.74) is 3.57. The van der Waals surface area contributed by atoms with E-state index in [1.165, 1.54) is 4.90 Å². The van der Waals surface area contributed by atoms with Crippen molar-refractivity contribution in [1.29, 1.82) is 0 Å². The standard InChI is InChI=1S/C28H47N5O7S/c1-17-13-20(24(36)30-19(14-18-9-10-18)21(34)23(29)35)33(15-17)25(37)22(27(2,3)4)31-26(38)32-28(16-41(5,39)40)11-7-6-8-12-28/h17-20,22H,6-16H2,1-5H3,(H2,29,35)(H,30,36)(H2,31,32,38)/t17?,19?,20?,22-/m1/s1. The van der Waals surface area contributed by atoms with Crippen LogP contribution in [-0.2, 0) is 29.0 Å². The van der Waals surface area contributed by atoms with Gasteiger partial charge in [-0.25, -0.2) is 13.2 Å². The minimum Gasteiger partial charge on any atom is -0.363 e. The highest BCUT2D eigenvalue weighted by molar-refractivity contribution is 7.90. The predicted molar refractivity (Wildman–Crippen MR) is 153 cm³/mol. The predicted octanol–water partition coefficient (Wildman–Crippen LogP) is 1.02. The molecule has 232 valence electrons. The topological polar surface area (TPSA) is 185 Å². The first-order valence-corrected chi connectivity index (χ1v) is 16.7. The molecule has 13 heteroatoms. The Balaban J connectivity index is 1.77. The Bertz CT molecular complexity index is 1140. The van der Waals surface area contributed by atoms with Crippen molar-refractivity contribution in [3.05, 3.63) is 0 Å². The quantitative estimate of drug-likeness (QED) is 0.256. The molecule has 0 aromatic rings. The maximum atomic E-state index is 14.0. The Morgan fingerprint density at radius 3 is 2.15 bits per heavy atom. The van der Waals surface area contributed by atoms with E-state index in [0.29, 0.717) is 25.7 Å². The SMILES string of the molecule is CC1CC(C(=O)NC(CC2CC2)C(=O)C(N)=O)N(C(=O)[C@@H](NC(=O)NC2(CS(C)(=O)=O)CCCCC2)C(C)(C)C)C1. The molecular formula is C28H47N5O7S. The zero-order valence-electron chi connectivity index (χ0n) is 25.0. The second kappa shape index (κ2) is 12.7. The number of ketones is 1. The zero-order valence-corrected chi connectivity index (χ0v) is 25.8. The van der Waals surface area contributed by atoms with Crippen molar-refractivity contribution in [2.75, 3.05) is 18.6 Å². The first-order chi connectivity index (χ1) is 18.9. The van der Waals surface area contributed by atoms with Crippen LogP contribution in [-0.4, -0.2) is 85.1 Å². The number of likely N-dealkylation sites (tertiary alicyclic amines) is 1. The van der Waals surface area contributed by atoms with Crippen LogP contribution in [0.2, 0.25) is 0 Å². The number of carbonyl (C=O) groups is 5. The molecule has 1 heterocycles. The Kier molecular flexibility index (Phi) is 10.1. The number of nitrogens with zero attached hydrogens (tertiary/aromatic N) is 1. The molecule has 2 aliphatic carbocycles. The number of urea groups is 1. The molecule has 1 aliphatic heterocycles. The van der Waals surface area contributed by atoms with Crippen LogP contribution < -0.4 is 21.7 Å². The van der Waals surface area contributed by atoms with Gasteiger partial charge in [-0.15, -0.1) is 0 Å². The number of carbonyl (C=O) groups excluding carboxylic acids is 5. The monoisotopic (exact) mass is 597 g/mol. The minimum absolute atomic E-state index is 0.0156. The van der Waals surface area contributed by atoms with Crippen LogP contribution >= 0.6 is 0 Å². The molecule has 3 aliphatic rings. The maximum absolute atomic E-state index is 14.0. The Morgan fingerprint density at radius 2 is 1.63 bits per heavy atom. The van der Waals surface area contributed by atoms with E-state index >= 15 is 0 Å². The molecule has 0 radical (unpaired) electrons. The van der Waals surface area contributed by atoms with Crippen LogP contribution in [0.1, 0.15) is 85.5 Å². The summed E-state index contributed by atoms with van der Waals surface area (Å²) in [5, 5.41) is 8.36. The van der Waals surface area contributed by atoms with Gasteiger partial charge in [0.05, 0.1) is 17.3 Å². The number of hydrogen-bond acceptors (Lipinski definition) is 7. The molecular weight excluding hydrogens is 550 g/mol. The van der Waals surface area contributed by atoms with Gasteiger partial charge in [0.1, 0.15) is 21.9 Å². The van der Waals surface area contributed by atoms with Crippen molar-refractivity contribution >= 4 is 39.4 Å². The molecule has 0 bridgehead atoms. The van der Waals surface area contributed by atoms with E-state index in [0.717, 1.165) is 38.4 Å². The van der Waals surface area contributed by atoms with E-state index in [-0.39, 0.29) is 24.1 Å². The Labute approximate surface area is 243 Å². The lowest BCUT2D eigenvalue weighted by Gasteiger charge is -2.40. The summed E-state index contributed by atoms with van der Waals surface area (Å²) in [5.74, 6) is -2.90. The number of rotatable bonds is 11. The fourth-order valence-electron chi connectivity index (χ4n) is 6.15. The van der Waals surface area contributed by atoms with Crippen LogP contribution in [0.25, 0.3) is 0 Å². The lowest BCUT2D eigenvalue weighted by molar-refractivity contribution is -0.143. The molecule has 3 unspecified atom stereocenters. The highest BCUT2D eigenvalue weighted by Gasteiger charge is 2.46. The molecule has 1 saturated heterocycles. The van der Waals surface area contributed by atoms with Gasteiger partial charge in [0.15, 0.2) is 0 Å². The van der Waals surface area contributed by atoms with E-state index in [9.17, 15) is 32.4 Å².